The van der Waals surface area contributed by atoms with Crippen LogP contribution in [0.3, 0.4) is 0 Å². The molecule has 180 valence electrons. The summed E-state index contributed by atoms with van der Waals surface area (Å²) in [5.74, 6) is 2.22. The molecular formula is C25H28N2O7. The van der Waals surface area contributed by atoms with E-state index in [1.165, 1.54) is 19.2 Å². The molecule has 2 unspecified atom stereocenters. The molecule has 0 saturated carbocycles. The number of nitro benzene ring substituents is 1. The molecule has 0 saturated heterocycles. The van der Waals surface area contributed by atoms with Crippen LogP contribution in [0, 0.1) is 10.1 Å². The number of methoxy groups -OCH3 is 4. The molecule has 2 atom stereocenters. The molecule has 0 heterocycles. The summed E-state index contributed by atoms with van der Waals surface area (Å²) in [5, 5.41) is 25.4. The van der Waals surface area contributed by atoms with Gasteiger partial charge in [-0.1, -0.05) is 12.1 Å². The molecule has 0 aliphatic rings. The Labute approximate surface area is 198 Å². The summed E-state index contributed by atoms with van der Waals surface area (Å²) in [6, 6.07) is 16.5. The predicted octanol–water partition coefficient (Wildman–Crippen LogP) is 4.91. The van der Waals surface area contributed by atoms with Gasteiger partial charge >= 0.3 is 0 Å². The van der Waals surface area contributed by atoms with Gasteiger partial charge in [0.05, 0.1) is 45.5 Å². The Morgan fingerprint density at radius 1 is 0.794 bits per heavy atom. The van der Waals surface area contributed by atoms with Gasteiger partial charge in [0.25, 0.3) is 5.69 Å². The van der Waals surface area contributed by atoms with E-state index in [1.807, 2.05) is 12.1 Å². The molecule has 0 spiro atoms. The van der Waals surface area contributed by atoms with E-state index in [4.69, 9.17) is 18.9 Å². The number of hydrogen-bond acceptors (Lipinski definition) is 8. The number of nitro groups is 1. The summed E-state index contributed by atoms with van der Waals surface area (Å²) < 4.78 is 21.4. The van der Waals surface area contributed by atoms with E-state index in [-0.39, 0.29) is 11.7 Å². The summed E-state index contributed by atoms with van der Waals surface area (Å²) in [6.45, 7) is 0. The van der Waals surface area contributed by atoms with Crippen LogP contribution in [0.15, 0.2) is 60.7 Å². The monoisotopic (exact) mass is 468 g/mol. The van der Waals surface area contributed by atoms with Gasteiger partial charge < -0.3 is 29.4 Å². The number of aliphatic hydroxyl groups excluding tert-OH is 1. The van der Waals surface area contributed by atoms with Crippen LogP contribution in [0.5, 0.6) is 23.0 Å². The summed E-state index contributed by atoms with van der Waals surface area (Å²) in [6.07, 6.45) is -0.550. The summed E-state index contributed by atoms with van der Waals surface area (Å²) in [7, 11) is 6.20. The molecule has 0 radical (unpaired) electrons. The van der Waals surface area contributed by atoms with Crippen molar-refractivity contribution >= 4 is 11.4 Å². The first-order valence-electron chi connectivity index (χ1n) is 10.5. The zero-order chi connectivity index (χ0) is 24.7. The minimum Gasteiger partial charge on any atom is -0.493 e. The Morgan fingerprint density at radius 2 is 1.29 bits per heavy atom. The van der Waals surface area contributed by atoms with Gasteiger partial charge in [-0.2, -0.15) is 0 Å². The van der Waals surface area contributed by atoms with Crippen LogP contribution in [0.25, 0.3) is 0 Å². The maximum absolute atomic E-state index is 11.1. The lowest BCUT2D eigenvalue weighted by atomic mass is 9.95. The van der Waals surface area contributed by atoms with Crippen molar-refractivity contribution in [1.29, 1.82) is 0 Å². The lowest BCUT2D eigenvalue weighted by Crippen LogP contribution is -2.15. The molecular weight excluding hydrogens is 440 g/mol. The van der Waals surface area contributed by atoms with Gasteiger partial charge in [0, 0.05) is 24.2 Å². The van der Waals surface area contributed by atoms with Gasteiger partial charge in [0.1, 0.15) is 0 Å². The molecule has 34 heavy (non-hydrogen) atoms. The molecule has 0 bridgehead atoms. The average molecular weight is 469 g/mol. The van der Waals surface area contributed by atoms with Crippen LogP contribution in [0.1, 0.15) is 29.7 Å². The fourth-order valence-corrected chi connectivity index (χ4v) is 3.65. The van der Waals surface area contributed by atoms with E-state index in [1.54, 1.807) is 57.7 Å². The number of nitrogens with one attached hydrogen (secondary N) is 1. The number of nitrogens with zero attached hydrogens (tertiary/aromatic N) is 1. The first-order chi connectivity index (χ1) is 16.4. The van der Waals surface area contributed by atoms with Gasteiger partial charge in [-0.05, 0) is 47.5 Å². The number of rotatable bonds is 11. The van der Waals surface area contributed by atoms with Crippen molar-refractivity contribution in [2.45, 2.75) is 18.6 Å². The number of ether oxygens (including phenoxy) is 4. The van der Waals surface area contributed by atoms with E-state index in [0.29, 0.717) is 40.7 Å². The zero-order valence-electron chi connectivity index (χ0n) is 19.5. The van der Waals surface area contributed by atoms with Crippen LogP contribution < -0.4 is 24.3 Å². The van der Waals surface area contributed by atoms with E-state index in [9.17, 15) is 15.2 Å². The van der Waals surface area contributed by atoms with Crippen LogP contribution in [-0.4, -0.2) is 38.5 Å². The van der Waals surface area contributed by atoms with Gasteiger partial charge in [-0.3, -0.25) is 10.1 Å². The average Bonchev–Trinajstić information content (AvgIpc) is 2.87. The Hall–Kier alpha value is -3.98. The summed E-state index contributed by atoms with van der Waals surface area (Å²) in [4.78, 5) is 10.5. The molecule has 0 fully saturated rings. The minimum atomic E-state index is -0.844. The highest BCUT2D eigenvalue weighted by Gasteiger charge is 2.21. The third-order valence-electron chi connectivity index (χ3n) is 5.48. The first-order valence-corrected chi connectivity index (χ1v) is 10.5. The molecule has 0 aromatic heterocycles. The molecule has 3 rings (SSSR count). The topological polar surface area (TPSA) is 112 Å². The van der Waals surface area contributed by atoms with Crippen LogP contribution in [0.4, 0.5) is 11.4 Å². The first kappa shape index (κ1) is 24.7. The molecule has 9 nitrogen and oxygen atoms in total. The predicted molar refractivity (Wildman–Crippen MR) is 128 cm³/mol. The summed E-state index contributed by atoms with van der Waals surface area (Å²) in [5.41, 5.74) is 2.17. The van der Waals surface area contributed by atoms with Gasteiger partial charge in [0.15, 0.2) is 23.0 Å². The molecule has 0 amide bonds. The fourth-order valence-electron chi connectivity index (χ4n) is 3.65. The molecule has 3 aromatic carbocycles. The van der Waals surface area contributed by atoms with E-state index in [0.717, 1.165) is 5.56 Å². The standard InChI is InChI=1S/C25H28N2O7/c1-31-22-11-5-16(13-24(22)33-3)20(26-18-7-9-19(10-8-18)27(29)30)15-21(28)17-6-12-23(32-2)25(14-17)34-4/h5-14,20-21,26,28H,15H2,1-4H3. The highest BCUT2D eigenvalue weighted by molar-refractivity contribution is 5.52. The second kappa shape index (κ2) is 11.2. The second-order valence-electron chi connectivity index (χ2n) is 7.48. The van der Waals surface area contributed by atoms with Crippen molar-refractivity contribution in [2.75, 3.05) is 33.8 Å². The Kier molecular flexibility index (Phi) is 8.15. The Balaban J connectivity index is 1.93. The maximum Gasteiger partial charge on any atom is 0.269 e. The van der Waals surface area contributed by atoms with Crippen molar-refractivity contribution in [1.82, 2.24) is 0 Å². The quantitative estimate of drug-likeness (QED) is 0.302. The largest absolute Gasteiger partial charge is 0.493 e. The fraction of sp³-hybridized carbons (Fsp3) is 0.280. The van der Waals surface area contributed by atoms with Crippen LogP contribution in [0.2, 0.25) is 0 Å². The number of anilines is 1. The Bertz CT molecular complexity index is 1120. The van der Waals surface area contributed by atoms with E-state index in [2.05, 4.69) is 5.32 Å². The van der Waals surface area contributed by atoms with Gasteiger partial charge in [-0.15, -0.1) is 0 Å². The van der Waals surface area contributed by atoms with Crippen molar-refractivity contribution < 1.29 is 29.0 Å². The number of benzene rings is 3. The van der Waals surface area contributed by atoms with E-state index >= 15 is 0 Å². The van der Waals surface area contributed by atoms with Crippen molar-refractivity contribution in [3.05, 3.63) is 81.9 Å². The molecule has 3 aromatic rings. The lowest BCUT2D eigenvalue weighted by Gasteiger charge is -2.24. The summed E-state index contributed by atoms with van der Waals surface area (Å²) >= 11 is 0. The smallest absolute Gasteiger partial charge is 0.269 e. The van der Waals surface area contributed by atoms with E-state index < -0.39 is 11.0 Å². The zero-order valence-corrected chi connectivity index (χ0v) is 19.5. The SMILES string of the molecule is COc1ccc(C(O)CC(Nc2ccc([N+](=O)[O-])cc2)c2ccc(OC)c(OC)c2)cc1OC. The lowest BCUT2D eigenvalue weighted by molar-refractivity contribution is -0.384. The molecule has 0 aliphatic carbocycles. The minimum absolute atomic E-state index is 0.00132. The highest BCUT2D eigenvalue weighted by Crippen LogP contribution is 2.37. The van der Waals surface area contributed by atoms with Crippen molar-refractivity contribution in [2.24, 2.45) is 0 Å². The number of aliphatic hydroxyl groups is 1. The van der Waals surface area contributed by atoms with Crippen LogP contribution >= 0.6 is 0 Å². The maximum atomic E-state index is 11.1. The normalized spacial score (nSPS) is 12.4. The molecule has 9 heteroatoms. The number of hydrogen-bond donors (Lipinski definition) is 2. The van der Waals surface area contributed by atoms with Crippen LogP contribution in [-0.2, 0) is 0 Å². The second-order valence-corrected chi connectivity index (χ2v) is 7.48. The third kappa shape index (κ3) is 5.68. The third-order valence-corrected chi connectivity index (χ3v) is 5.48. The van der Waals surface area contributed by atoms with Gasteiger partial charge in [0.2, 0.25) is 0 Å². The molecule has 2 N–H and O–H groups in total. The Morgan fingerprint density at radius 3 is 1.79 bits per heavy atom. The molecule has 0 aliphatic heterocycles. The number of non-ortho nitro benzene ring substituents is 1. The van der Waals surface area contributed by atoms with Crippen molar-refractivity contribution in [3.63, 3.8) is 0 Å². The van der Waals surface area contributed by atoms with Gasteiger partial charge in [-0.25, -0.2) is 0 Å². The van der Waals surface area contributed by atoms with Crippen molar-refractivity contribution in [3.8, 4) is 23.0 Å². The highest BCUT2D eigenvalue weighted by atomic mass is 16.6.